The molecule has 0 amide bonds. The van der Waals surface area contributed by atoms with E-state index >= 15 is 0 Å². The molecule has 2 heterocycles. The SMILES string of the molecule is Nc1ncc(Br)cc1-c1nnc(C2CCCCC2)o1. The minimum Gasteiger partial charge on any atom is -0.420 e. The van der Waals surface area contributed by atoms with E-state index in [9.17, 15) is 0 Å². The van der Waals surface area contributed by atoms with E-state index in [1.165, 1.54) is 19.3 Å². The lowest BCUT2D eigenvalue weighted by molar-refractivity contribution is 0.367. The van der Waals surface area contributed by atoms with E-state index in [0.717, 1.165) is 23.2 Å². The van der Waals surface area contributed by atoms with Crippen molar-refractivity contribution in [2.24, 2.45) is 0 Å². The van der Waals surface area contributed by atoms with E-state index in [0.29, 0.717) is 23.2 Å². The summed E-state index contributed by atoms with van der Waals surface area (Å²) >= 11 is 3.37. The van der Waals surface area contributed by atoms with Crippen molar-refractivity contribution in [2.75, 3.05) is 5.73 Å². The highest BCUT2D eigenvalue weighted by Gasteiger charge is 2.22. The molecule has 1 aliphatic carbocycles. The molecule has 1 saturated carbocycles. The van der Waals surface area contributed by atoms with Crippen molar-refractivity contribution in [3.8, 4) is 11.5 Å². The van der Waals surface area contributed by atoms with Crippen LogP contribution in [0.5, 0.6) is 0 Å². The maximum atomic E-state index is 5.85. The van der Waals surface area contributed by atoms with Crippen LogP contribution in [-0.2, 0) is 0 Å². The van der Waals surface area contributed by atoms with Gasteiger partial charge in [0.2, 0.25) is 5.89 Å². The number of nitrogens with zero attached hydrogens (tertiary/aromatic N) is 3. The van der Waals surface area contributed by atoms with Gasteiger partial charge >= 0.3 is 0 Å². The van der Waals surface area contributed by atoms with Crippen LogP contribution in [-0.4, -0.2) is 15.2 Å². The van der Waals surface area contributed by atoms with Crippen LogP contribution >= 0.6 is 15.9 Å². The van der Waals surface area contributed by atoms with Gasteiger partial charge in [0.05, 0.1) is 5.56 Å². The highest BCUT2D eigenvalue weighted by atomic mass is 79.9. The van der Waals surface area contributed by atoms with E-state index in [4.69, 9.17) is 10.2 Å². The van der Waals surface area contributed by atoms with Crippen LogP contribution in [0, 0.1) is 0 Å². The molecule has 0 aliphatic heterocycles. The van der Waals surface area contributed by atoms with E-state index in [1.54, 1.807) is 6.20 Å². The number of nitrogens with two attached hydrogens (primary N) is 1. The van der Waals surface area contributed by atoms with Crippen molar-refractivity contribution in [1.29, 1.82) is 0 Å². The van der Waals surface area contributed by atoms with Crippen molar-refractivity contribution >= 4 is 21.7 Å². The minimum absolute atomic E-state index is 0.399. The first kappa shape index (κ1) is 12.6. The molecule has 0 bridgehead atoms. The Morgan fingerprint density at radius 3 is 2.79 bits per heavy atom. The van der Waals surface area contributed by atoms with Gasteiger partial charge in [-0.3, -0.25) is 0 Å². The number of halogens is 1. The highest BCUT2D eigenvalue weighted by molar-refractivity contribution is 9.10. The molecule has 0 atom stereocenters. The van der Waals surface area contributed by atoms with Crippen LogP contribution in [0.3, 0.4) is 0 Å². The molecule has 2 N–H and O–H groups in total. The number of hydrogen-bond donors (Lipinski definition) is 1. The topological polar surface area (TPSA) is 77.8 Å². The van der Waals surface area contributed by atoms with Crippen LogP contribution in [0.25, 0.3) is 11.5 Å². The molecule has 0 unspecified atom stereocenters. The quantitative estimate of drug-likeness (QED) is 0.915. The summed E-state index contributed by atoms with van der Waals surface area (Å²) in [6, 6.07) is 1.85. The first-order chi connectivity index (χ1) is 9.24. The van der Waals surface area contributed by atoms with Gasteiger partial charge in [0, 0.05) is 16.6 Å². The molecule has 2 aromatic heterocycles. The maximum absolute atomic E-state index is 5.85. The Kier molecular flexibility index (Phi) is 3.50. The number of rotatable bonds is 2. The third-order valence-electron chi connectivity index (χ3n) is 3.51. The largest absolute Gasteiger partial charge is 0.420 e. The third kappa shape index (κ3) is 2.63. The Balaban J connectivity index is 1.89. The third-order valence-corrected chi connectivity index (χ3v) is 3.94. The summed E-state index contributed by atoms with van der Waals surface area (Å²) in [5, 5.41) is 8.28. The minimum atomic E-state index is 0.399. The van der Waals surface area contributed by atoms with Gasteiger partial charge < -0.3 is 10.2 Å². The molecule has 1 aliphatic rings. The lowest BCUT2D eigenvalue weighted by atomic mass is 9.89. The molecule has 100 valence electrons. The lowest BCUT2D eigenvalue weighted by Gasteiger charge is -2.17. The first-order valence-corrected chi connectivity index (χ1v) is 7.28. The molecule has 2 aromatic rings. The maximum Gasteiger partial charge on any atom is 0.251 e. The van der Waals surface area contributed by atoms with Gasteiger partial charge in [0.1, 0.15) is 5.82 Å². The Hall–Kier alpha value is -1.43. The first-order valence-electron chi connectivity index (χ1n) is 6.49. The zero-order chi connectivity index (χ0) is 13.2. The lowest BCUT2D eigenvalue weighted by Crippen LogP contribution is -2.04. The van der Waals surface area contributed by atoms with Crippen LogP contribution in [0.15, 0.2) is 21.2 Å². The Labute approximate surface area is 119 Å². The van der Waals surface area contributed by atoms with Crippen molar-refractivity contribution in [1.82, 2.24) is 15.2 Å². The van der Waals surface area contributed by atoms with Crippen molar-refractivity contribution in [3.05, 3.63) is 22.6 Å². The van der Waals surface area contributed by atoms with E-state index < -0.39 is 0 Å². The zero-order valence-corrected chi connectivity index (χ0v) is 12.1. The van der Waals surface area contributed by atoms with Crippen molar-refractivity contribution < 1.29 is 4.42 Å². The average Bonchev–Trinajstić information content (AvgIpc) is 2.92. The van der Waals surface area contributed by atoms with Gasteiger partial charge in [0.15, 0.2) is 0 Å². The van der Waals surface area contributed by atoms with Gasteiger partial charge in [-0.1, -0.05) is 19.3 Å². The molecule has 0 spiro atoms. The molecule has 6 heteroatoms. The van der Waals surface area contributed by atoms with Crippen LogP contribution in [0.1, 0.15) is 43.9 Å². The second kappa shape index (κ2) is 5.28. The van der Waals surface area contributed by atoms with Gasteiger partial charge in [0.25, 0.3) is 5.89 Å². The standard InChI is InChI=1S/C13H15BrN4O/c14-9-6-10(11(15)16-7-9)13-18-17-12(19-13)8-4-2-1-3-5-8/h6-8H,1-5H2,(H2,15,16). The number of anilines is 1. The fraction of sp³-hybridized carbons (Fsp3) is 0.462. The monoisotopic (exact) mass is 322 g/mol. The molecular formula is C13H15BrN4O. The van der Waals surface area contributed by atoms with Crippen molar-refractivity contribution in [2.45, 2.75) is 38.0 Å². The number of pyridine rings is 1. The number of aromatic nitrogens is 3. The summed E-state index contributed by atoms with van der Waals surface area (Å²) in [7, 11) is 0. The Morgan fingerprint density at radius 1 is 1.21 bits per heavy atom. The predicted molar refractivity (Wildman–Crippen MR) is 75.5 cm³/mol. The molecule has 1 fully saturated rings. The molecule has 5 nitrogen and oxygen atoms in total. The number of hydrogen-bond acceptors (Lipinski definition) is 5. The van der Waals surface area contributed by atoms with Crippen LogP contribution < -0.4 is 5.73 Å². The molecule has 0 radical (unpaired) electrons. The molecule has 0 aromatic carbocycles. The van der Waals surface area contributed by atoms with E-state index in [-0.39, 0.29) is 0 Å². The van der Waals surface area contributed by atoms with Gasteiger partial charge in [-0.15, -0.1) is 10.2 Å². The fourth-order valence-corrected chi connectivity index (χ4v) is 2.81. The van der Waals surface area contributed by atoms with Crippen molar-refractivity contribution in [3.63, 3.8) is 0 Å². The zero-order valence-electron chi connectivity index (χ0n) is 10.5. The summed E-state index contributed by atoms with van der Waals surface area (Å²) in [6.45, 7) is 0. The van der Waals surface area contributed by atoms with Gasteiger partial charge in [-0.2, -0.15) is 0 Å². The average molecular weight is 323 g/mol. The summed E-state index contributed by atoms with van der Waals surface area (Å²) in [5.41, 5.74) is 6.53. The second-order valence-electron chi connectivity index (χ2n) is 4.87. The summed E-state index contributed by atoms with van der Waals surface area (Å²) in [6.07, 6.45) is 7.70. The number of nitrogen functional groups attached to an aromatic ring is 1. The molecule has 0 saturated heterocycles. The summed E-state index contributed by atoms with van der Waals surface area (Å²) in [5.74, 6) is 1.99. The van der Waals surface area contributed by atoms with Crippen LogP contribution in [0.4, 0.5) is 5.82 Å². The van der Waals surface area contributed by atoms with E-state index in [2.05, 4.69) is 31.1 Å². The summed E-state index contributed by atoms with van der Waals surface area (Å²) < 4.78 is 6.62. The highest BCUT2D eigenvalue weighted by Crippen LogP contribution is 2.34. The molecule has 19 heavy (non-hydrogen) atoms. The molecule has 3 rings (SSSR count). The fourth-order valence-electron chi connectivity index (χ4n) is 2.48. The smallest absolute Gasteiger partial charge is 0.251 e. The second-order valence-corrected chi connectivity index (χ2v) is 5.78. The summed E-state index contributed by atoms with van der Waals surface area (Å²) in [4.78, 5) is 4.08. The molecular weight excluding hydrogens is 308 g/mol. The van der Waals surface area contributed by atoms with Gasteiger partial charge in [-0.25, -0.2) is 4.98 Å². The van der Waals surface area contributed by atoms with Crippen LogP contribution in [0.2, 0.25) is 0 Å². The normalized spacial score (nSPS) is 16.7. The Bertz CT molecular complexity index is 578. The van der Waals surface area contributed by atoms with Gasteiger partial charge in [-0.05, 0) is 34.8 Å². The predicted octanol–water partition coefficient (Wildman–Crippen LogP) is 3.52. The Morgan fingerprint density at radius 2 is 2.00 bits per heavy atom. The van der Waals surface area contributed by atoms with E-state index in [1.807, 2.05) is 6.07 Å².